The average Bonchev–Trinajstić information content (AvgIpc) is 2.56. The molecule has 134 valence electrons. The molecule has 0 radical (unpaired) electrons. The van der Waals surface area contributed by atoms with Gasteiger partial charge < -0.3 is 10.6 Å². The van der Waals surface area contributed by atoms with E-state index < -0.39 is 10.0 Å². The molecule has 1 aromatic carbocycles. The largest absolute Gasteiger partial charge is 0.338 e. The number of rotatable bonds is 6. The maximum Gasteiger partial charge on any atom is 0.314 e. The summed E-state index contributed by atoms with van der Waals surface area (Å²) in [5, 5.41) is 5.45. The van der Waals surface area contributed by atoms with Gasteiger partial charge in [-0.25, -0.2) is 13.2 Å². The third-order valence-corrected chi connectivity index (χ3v) is 6.27. The first-order valence-corrected chi connectivity index (χ1v) is 9.99. The van der Waals surface area contributed by atoms with Crippen LogP contribution in [-0.2, 0) is 10.0 Å². The Hall–Kier alpha value is -1.60. The lowest BCUT2D eigenvalue weighted by molar-refractivity contribution is 0.229. The Bertz CT molecular complexity index is 644. The summed E-state index contributed by atoms with van der Waals surface area (Å²) in [5.74, 6) is 0. The summed E-state index contributed by atoms with van der Waals surface area (Å²) >= 11 is 0. The predicted molar refractivity (Wildman–Crippen MR) is 94.4 cm³/mol. The van der Waals surface area contributed by atoms with Crippen molar-refractivity contribution in [2.24, 2.45) is 0 Å². The molecule has 1 aliphatic heterocycles. The molecule has 0 spiro atoms. The fourth-order valence-corrected chi connectivity index (χ4v) is 4.72. The van der Waals surface area contributed by atoms with Crippen molar-refractivity contribution in [3.05, 3.63) is 29.8 Å². The summed E-state index contributed by atoms with van der Waals surface area (Å²) in [6, 6.07) is 6.71. The van der Waals surface area contributed by atoms with Crippen LogP contribution < -0.4 is 10.6 Å². The van der Waals surface area contributed by atoms with Crippen molar-refractivity contribution in [1.29, 1.82) is 0 Å². The molecule has 2 N–H and O–H groups in total. The molecule has 1 heterocycles. The summed E-state index contributed by atoms with van der Waals surface area (Å²) in [5.41, 5.74) is 1.04. The molecule has 0 aromatic heterocycles. The molecule has 24 heavy (non-hydrogen) atoms. The first kappa shape index (κ1) is 18.7. The highest BCUT2D eigenvalue weighted by Crippen LogP contribution is 2.27. The molecule has 1 aromatic rings. The number of carbonyl (C=O) groups excluding carboxylic acids is 1. The fourth-order valence-electron chi connectivity index (χ4n) is 3.00. The SMILES string of the molecule is CCNC(=O)NCCC1CCCCN1S(=O)(=O)c1ccc(C)cc1. The fraction of sp³-hybridized carbons (Fsp3) is 0.588. The lowest BCUT2D eigenvalue weighted by Crippen LogP contribution is -2.45. The molecule has 2 rings (SSSR count). The molecule has 1 aliphatic rings. The highest BCUT2D eigenvalue weighted by Gasteiger charge is 2.33. The maximum absolute atomic E-state index is 12.9. The second-order valence-corrected chi connectivity index (χ2v) is 8.04. The van der Waals surface area contributed by atoms with E-state index in [9.17, 15) is 13.2 Å². The van der Waals surface area contributed by atoms with Gasteiger partial charge in [0.05, 0.1) is 4.90 Å². The predicted octanol–water partition coefficient (Wildman–Crippen LogP) is 2.25. The quantitative estimate of drug-likeness (QED) is 0.823. The van der Waals surface area contributed by atoms with E-state index in [0.717, 1.165) is 24.8 Å². The Kier molecular flexibility index (Phi) is 6.62. The molecule has 1 unspecified atom stereocenters. The lowest BCUT2D eigenvalue weighted by Gasteiger charge is -2.34. The van der Waals surface area contributed by atoms with Gasteiger partial charge in [0.2, 0.25) is 10.0 Å². The molecule has 0 aliphatic carbocycles. The summed E-state index contributed by atoms with van der Waals surface area (Å²) in [6.07, 6.45) is 3.36. The van der Waals surface area contributed by atoms with E-state index in [1.807, 2.05) is 26.0 Å². The van der Waals surface area contributed by atoms with Crippen LogP contribution in [0, 0.1) is 6.92 Å². The Morgan fingerprint density at radius 2 is 1.92 bits per heavy atom. The number of carbonyl (C=O) groups is 1. The van der Waals surface area contributed by atoms with Gasteiger partial charge >= 0.3 is 6.03 Å². The molecular weight excluding hydrogens is 326 g/mol. The smallest absolute Gasteiger partial charge is 0.314 e. The van der Waals surface area contributed by atoms with Crippen LogP contribution in [0.2, 0.25) is 0 Å². The number of hydrogen-bond acceptors (Lipinski definition) is 3. The molecule has 1 saturated heterocycles. The van der Waals surface area contributed by atoms with Gasteiger partial charge in [0.15, 0.2) is 0 Å². The van der Waals surface area contributed by atoms with Gasteiger partial charge in [-0.3, -0.25) is 0 Å². The van der Waals surface area contributed by atoms with Crippen molar-refractivity contribution < 1.29 is 13.2 Å². The number of nitrogens with one attached hydrogen (secondary N) is 2. The number of urea groups is 1. The van der Waals surface area contributed by atoms with E-state index in [0.29, 0.717) is 31.0 Å². The van der Waals surface area contributed by atoms with Crippen LogP contribution in [0.5, 0.6) is 0 Å². The number of benzene rings is 1. The van der Waals surface area contributed by atoms with Crippen molar-refractivity contribution in [2.75, 3.05) is 19.6 Å². The number of nitrogens with zero attached hydrogens (tertiary/aromatic N) is 1. The molecule has 7 heteroatoms. The van der Waals surface area contributed by atoms with Gasteiger partial charge in [0, 0.05) is 25.7 Å². The molecular formula is C17H27N3O3S. The van der Waals surface area contributed by atoms with Crippen molar-refractivity contribution in [2.45, 2.75) is 50.5 Å². The first-order valence-electron chi connectivity index (χ1n) is 8.55. The van der Waals surface area contributed by atoms with Gasteiger partial charge in [-0.05, 0) is 45.2 Å². The molecule has 0 saturated carbocycles. The Morgan fingerprint density at radius 3 is 2.58 bits per heavy atom. The standard InChI is InChI=1S/C17H27N3O3S/c1-3-18-17(21)19-12-11-15-6-4-5-13-20(15)24(22,23)16-9-7-14(2)8-10-16/h7-10,15H,3-6,11-13H2,1-2H3,(H2,18,19,21). The van der Waals surface area contributed by atoms with Crippen LogP contribution in [0.15, 0.2) is 29.2 Å². The van der Waals surface area contributed by atoms with Crippen molar-refractivity contribution >= 4 is 16.1 Å². The molecule has 1 fully saturated rings. The minimum atomic E-state index is -3.48. The lowest BCUT2D eigenvalue weighted by atomic mass is 10.0. The topological polar surface area (TPSA) is 78.5 Å². The van der Waals surface area contributed by atoms with Gasteiger partial charge in [-0.1, -0.05) is 24.1 Å². The van der Waals surface area contributed by atoms with Crippen LogP contribution in [0.4, 0.5) is 4.79 Å². The Balaban J connectivity index is 2.05. The monoisotopic (exact) mass is 353 g/mol. The van der Waals surface area contributed by atoms with E-state index in [4.69, 9.17) is 0 Å². The minimum absolute atomic E-state index is 0.0630. The zero-order valence-electron chi connectivity index (χ0n) is 14.4. The summed E-state index contributed by atoms with van der Waals surface area (Å²) < 4.78 is 27.5. The van der Waals surface area contributed by atoms with E-state index in [-0.39, 0.29) is 12.1 Å². The van der Waals surface area contributed by atoms with Crippen molar-refractivity contribution in [3.8, 4) is 0 Å². The van der Waals surface area contributed by atoms with Gasteiger partial charge in [0.1, 0.15) is 0 Å². The summed E-state index contributed by atoms with van der Waals surface area (Å²) in [7, 11) is -3.48. The maximum atomic E-state index is 12.9. The van der Waals surface area contributed by atoms with Crippen molar-refractivity contribution in [3.63, 3.8) is 0 Å². The minimum Gasteiger partial charge on any atom is -0.338 e. The first-order chi connectivity index (χ1) is 11.4. The van der Waals surface area contributed by atoms with Gasteiger partial charge in [-0.15, -0.1) is 0 Å². The summed E-state index contributed by atoms with van der Waals surface area (Å²) in [6.45, 7) is 5.38. The van der Waals surface area contributed by atoms with Gasteiger partial charge in [-0.2, -0.15) is 4.31 Å². The van der Waals surface area contributed by atoms with Crippen molar-refractivity contribution in [1.82, 2.24) is 14.9 Å². The number of piperidine rings is 1. The molecule has 2 amide bonds. The second kappa shape index (κ2) is 8.48. The molecule has 6 nitrogen and oxygen atoms in total. The number of amides is 2. The van der Waals surface area contributed by atoms with Gasteiger partial charge in [0.25, 0.3) is 0 Å². The number of sulfonamides is 1. The van der Waals surface area contributed by atoms with Crippen LogP contribution >= 0.6 is 0 Å². The van der Waals surface area contributed by atoms with E-state index >= 15 is 0 Å². The highest BCUT2D eigenvalue weighted by atomic mass is 32.2. The van der Waals surface area contributed by atoms with E-state index in [2.05, 4.69) is 10.6 Å². The van der Waals surface area contributed by atoms with E-state index in [1.54, 1.807) is 16.4 Å². The van der Waals surface area contributed by atoms with Crippen LogP contribution in [0.1, 0.15) is 38.2 Å². The van der Waals surface area contributed by atoms with E-state index in [1.165, 1.54) is 0 Å². The zero-order valence-corrected chi connectivity index (χ0v) is 15.2. The third-order valence-electron chi connectivity index (χ3n) is 4.30. The van der Waals surface area contributed by atoms with Crippen LogP contribution in [0.3, 0.4) is 0 Å². The normalized spacial score (nSPS) is 19.0. The zero-order chi connectivity index (χ0) is 17.6. The number of aryl methyl sites for hydroxylation is 1. The molecule has 1 atom stereocenters. The highest BCUT2D eigenvalue weighted by molar-refractivity contribution is 7.89. The number of hydrogen-bond donors (Lipinski definition) is 2. The third kappa shape index (κ3) is 4.70. The summed E-state index contributed by atoms with van der Waals surface area (Å²) in [4.78, 5) is 11.8. The average molecular weight is 353 g/mol. The van der Waals surface area contributed by atoms with Crippen LogP contribution in [0.25, 0.3) is 0 Å². The second-order valence-electron chi connectivity index (χ2n) is 6.15. The Labute approximate surface area is 144 Å². The Morgan fingerprint density at radius 1 is 1.21 bits per heavy atom. The van der Waals surface area contributed by atoms with Crippen LogP contribution in [-0.4, -0.2) is 44.4 Å². The molecule has 0 bridgehead atoms.